The van der Waals surface area contributed by atoms with Crippen LogP contribution in [0.25, 0.3) is 0 Å². The molecule has 1 aromatic carbocycles. The van der Waals surface area contributed by atoms with Gasteiger partial charge in [0.1, 0.15) is 11.5 Å². The van der Waals surface area contributed by atoms with E-state index in [0.717, 1.165) is 5.56 Å². The molecule has 100 valence electrons. The van der Waals surface area contributed by atoms with Crippen molar-refractivity contribution in [2.45, 2.75) is 0 Å². The van der Waals surface area contributed by atoms with Crippen LogP contribution < -0.4 is 9.47 Å². The lowest BCUT2D eigenvalue weighted by molar-refractivity contribution is -0.123. The molecule has 5 nitrogen and oxygen atoms in total. The number of carbonyl (C=O) groups excluding carboxylic acids is 1. The number of hydrogen-bond donors (Lipinski definition) is 0. The van der Waals surface area contributed by atoms with Crippen molar-refractivity contribution >= 4 is 40.4 Å². The summed E-state index contributed by atoms with van der Waals surface area (Å²) < 4.78 is 10.8. The van der Waals surface area contributed by atoms with Crippen LogP contribution in [-0.2, 0) is 4.79 Å². The minimum Gasteiger partial charge on any atom is -0.497 e. The molecule has 1 saturated heterocycles. The molecule has 1 fully saturated rings. The number of amides is 1. The molecule has 1 heterocycles. The van der Waals surface area contributed by atoms with Crippen molar-refractivity contribution < 1.29 is 14.3 Å². The zero-order chi connectivity index (χ0) is 13.8. The molecule has 1 aliphatic rings. The van der Waals surface area contributed by atoms with E-state index in [1.807, 2.05) is 0 Å². The van der Waals surface area contributed by atoms with Crippen LogP contribution in [0.2, 0.25) is 0 Å². The predicted molar refractivity (Wildman–Crippen MR) is 79.0 cm³/mol. The largest absolute Gasteiger partial charge is 0.497 e. The number of hydrogen-bond acceptors (Lipinski definition) is 6. The molecule has 2 rings (SSSR count). The Balaban J connectivity index is 2.23. The molecule has 7 heteroatoms. The summed E-state index contributed by atoms with van der Waals surface area (Å²) in [5, 5.41) is 5.32. The Bertz CT molecular complexity index is 530. The topological polar surface area (TPSA) is 51.1 Å². The molecule has 19 heavy (non-hydrogen) atoms. The van der Waals surface area contributed by atoms with E-state index in [1.165, 1.54) is 16.8 Å². The number of ether oxygens (including phenoxy) is 2. The van der Waals surface area contributed by atoms with Gasteiger partial charge in [0.15, 0.2) is 4.32 Å². The van der Waals surface area contributed by atoms with Crippen molar-refractivity contribution in [1.29, 1.82) is 0 Å². The van der Waals surface area contributed by atoms with Crippen molar-refractivity contribution in [3.8, 4) is 11.5 Å². The van der Waals surface area contributed by atoms with Gasteiger partial charge in [-0.15, -0.1) is 0 Å². The van der Waals surface area contributed by atoms with Gasteiger partial charge in [-0.1, -0.05) is 24.0 Å². The van der Waals surface area contributed by atoms with Gasteiger partial charge in [0.05, 0.1) is 26.2 Å². The van der Waals surface area contributed by atoms with Crippen LogP contribution in [0, 0.1) is 0 Å². The van der Waals surface area contributed by atoms with E-state index in [-0.39, 0.29) is 5.91 Å². The second-order valence-corrected chi connectivity index (χ2v) is 5.22. The molecule has 1 aliphatic heterocycles. The minimum atomic E-state index is -0.112. The average Bonchev–Trinajstić information content (AvgIpc) is 2.75. The first-order valence-electron chi connectivity index (χ1n) is 5.41. The van der Waals surface area contributed by atoms with E-state index >= 15 is 0 Å². The van der Waals surface area contributed by atoms with Gasteiger partial charge in [-0.2, -0.15) is 10.1 Å². The Kier molecular flexibility index (Phi) is 4.39. The van der Waals surface area contributed by atoms with E-state index in [4.69, 9.17) is 21.7 Å². The molecule has 0 aliphatic carbocycles. The fourth-order valence-corrected chi connectivity index (χ4v) is 2.47. The van der Waals surface area contributed by atoms with Crippen molar-refractivity contribution in [3.05, 3.63) is 23.8 Å². The van der Waals surface area contributed by atoms with Gasteiger partial charge in [-0.05, 0) is 12.1 Å². The highest BCUT2D eigenvalue weighted by atomic mass is 32.2. The molecule has 1 aromatic rings. The summed E-state index contributed by atoms with van der Waals surface area (Å²) in [6, 6.07) is 5.35. The lowest BCUT2D eigenvalue weighted by Gasteiger charge is -2.09. The average molecular weight is 296 g/mol. The zero-order valence-corrected chi connectivity index (χ0v) is 12.1. The molecule has 0 bridgehead atoms. The van der Waals surface area contributed by atoms with Crippen LogP contribution in [0.1, 0.15) is 5.56 Å². The lowest BCUT2D eigenvalue weighted by atomic mass is 10.2. The third-order valence-corrected chi connectivity index (χ3v) is 3.82. The summed E-state index contributed by atoms with van der Waals surface area (Å²) in [4.78, 5) is 11.5. The maximum absolute atomic E-state index is 11.5. The summed E-state index contributed by atoms with van der Waals surface area (Å²) in [5.41, 5.74) is 0.746. The number of benzene rings is 1. The summed E-state index contributed by atoms with van der Waals surface area (Å²) in [7, 11) is 3.15. The number of carbonyl (C=O) groups is 1. The van der Waals surface area contributed by atoms with Crippen LogP contribution in [-0.4, -0.2) is 41.4 Å². The maximum Gasteiger partial charge on any atom is 0.259 e. The maximum atomic E-state index is 11.5. The Morgan fingerprint density at radius 2 is 2.21 bits per heavy atom. The van der Waals surface area contributed by atoms with Gasteiger partial charge < -0.3 is 9.47 Å². The highest BCUT2D eigenvalue weighted by molar-refractivity contribution is 8.23. The SMILES string of the molecule is COc1ccc(/C=N\N2C(=O)CSC2=S)c(OC)c1. The van der Waals surface area contributed by atoms with Gasteiger partial charge in [-0.25, -0.2) is 0 Å². The standard InChI is InChI=1S/C12H12N2O3S2/c1-16-9-4-3-8(10(5-9)17-2)6-13-14-11(15)7-19-12(14)18/h3-6H,7H2,1-2H3/b13-6-. The summed E-state index contributed by atoms with van der Waals surface area (Å²) in [6.07, 6.45) is 1.55. The van der Waals surface area contributed by atoms with Gasteiger partial charge in [0, 0.05) is 11.6 Å². The Hall–Kier alpha value is -1.60. The molecule has 0 aromatic heterocycles. The van der Waals surface area contributed by atoms with Crippen LogP contribution in [0.5, 0.6) is 11.5 Å². The second kappa shape index (κ2) is 6.03. The minimum absolute atomic E-state index is 0.112. The van der Waals surface area contributed by atoms with E-state index in [2.05, 4.69) is 5.10 Å². The van der Waals surface area contributed by atoms with Crippen LogP contribution in [0.15, 0.2) is 23.3 Å². The van der Waals surface area contributed by atoms with E-state index in [1.54, 1.807) is 38.6 Å². The van der Waals surface area contributed by atoms with Crippen LogP contribution >= 0.6 is 24.0 Å². The smallest absolute Gasteiger partial charge is 0.259 e. The normalized spacial score (nSPS) is 15.4. The third-order valence-electron chi connectivity index (χ3n) is 2.48. The fraction of sp³-hybridized carbons (Fsp3) is 0.250. The second-order valence-electron chi connectivity index (χ2n) is 3.61. The van der Waals surface area contributed by atoms with Gasteiger partial charge in [0.25, 0.3) is 5.91 Å². The number of rotatable bonds is 4. The third kappa shape index (κ3) is 3.05. The van der Waals surface area contributed by atoms with E-state index in [9.17, 15) is 4.79 Å². The van der Waals surface area contributed by atoms with Crippen molar-refractivity contribution in [2.75, 3.05) is 20.0 Å². The quantitative estimate of drug-likeness (QED) is 0.627. The molecule has 0 saturated carbocycles. The zero-order valence-electron chi connectivity index (χ0n) is 10.5. The Morgan fingerprint density at radius 1 is 1.42 bits per heavy atom. The molecule has 0 spiro atoms. The fourth-order valence-electron chi connectivity index (χ4n) is 1.50. The summed E-state index contributed by atoms with van der Waals surface area (Å²) in [5.74, 6) is 1.54. The van der Waals surface area contributed by atoms with Crippen LogP contribution in [0.4, 0.5) is 0 Å². The number of thiocarbonyl (C=S) groups is 1. The van der Waals surface area contributed by atoms with E-state index in [0.29, 0.717) is 21.6 Å². The number of thioether (sulfide) groups is 1. The first kappa shape index (κ1) is 13.8. The monoisotopic (exact) mass is 296 g/mol. The van der Waals surface area contributed by atoms with Crippen molar-refractivity contribution in [3.63, 3.8) is 0 Å². The first-order valence-corrected chi connectivity index (χ1v) is 6.81. The molecule has 1 amide bonds. The Morgan fingerprint density at radius 3 is 2.79 bits per heavy atom. The lowest BCUT2D eigenvalue weighted by Crippen LogP contribution is -2.22. The predicted octanol–water partition coefficient (Wildman–Crippen LogP) is 1.90. The molecular formula is C12H12N2O3S2. The molecule has 0 atom stereocenters. The number of methoxy groups -OCH3 is 2. The molecule has 0 N–H and O–H groups in total. The van der Waals surface area contributed by atoms with Crippen LogP contribution in [0.3, 0.4) is 0 Å². The first-order chi connectivity index (χ1) is 9.15. The van der Waals surface area contributed by atoms with Crippen molar-refractivity contribution in [2.24, 2.45) is 5.10 Å². The molecule has 0 unspecified atom stereocenters. The van der Waals surface area contributed by atoms with Gasteiger partial charge in [0.2, 0.25) is 0 Å². The highest BCUT2D eigenvalue weighted by Gasteiger charge is 2.26. The van der Waals surface area contributed by atoms with Gasteiger partial charge in [-0.3, -0.25) is 4.79 Å². The number of nitrogens with zero attached hydrogens (tertiary/aromatic N) is 2. The molecule has 0 radical (unpaired) electrons. The number of hydrazone groups is 1. The summed E-state index contributed by atoms with van der Waals surface area (Å²) in [6.45, 7) is 0. The molecular weight excluding hydrogens is 284 g/mol. The highest BCUT2D eigenvalue weighted by Crippen LogP contribution is 2.24. The van der Waals surface area contributed by atoms with E-state index < -0.39 is 0 Å². The van der Waals surface area contributed by atoms with Gasteiger partial charge >= 0.3 is 0 Å². The van der Waals surface area contributed by atoms with Crippen molar-refractivity contribution in [1.82, 2.24) is 5.01 Å². The summed E-state index contributed by atoms with van der Waals surface area (Å²) >= 11 is 6.34. The Labute approximate surface area is 120 Å².